The minimum absolute atomic E-state index is 0.291. The Balaban J connectivity index is 1.49. The summed E-state index contributed by atoms with van der Waals surface area (Å²) in [6.45, 7) is 12.5. The number of ketones is 1. The molecule has 0 aromatic heterocycles. The van der Waals surface area contributed by atoms with Gasteiger partial charge in [0.2, 0.25) is 0 Å². The predicted molar refractivity (Wildman–Crippen MR) is 118 cm³/mol. The zero-order valence-corrected chi connectivity index (χ0v) is 19.2. The van der Waals surface area contributed by atoms with E-state index in [1.54, 1.807) is 0 Å². The maximum Gasteiger partial charge on any atom is 0.155 e. The van der Waals surface area contributed by atoms with Gasteiger partial charge in [0.1, 0.15) is 0 Å². The normalized spacial score (nSPS) is 46.2. The summed E-state index contributed by atoms with van der Waals surface area (Å²) in [4.78, 5) is 12.0. The van der Waals surface area contributed by atoms with Crippen molar-refractivity contribution >= 4 is 5.78 Å². The monoisotopic (exact) mass is 384 g/mol. The van der Waals surface area contributed by atoms with Gasteiger partial charge in [0.15, 0.2) is 5.78 Å². The van der Waals surface area contributed by atoms with Crippen LogP contribution in [0.15, 0.2) is 12.2 Å². The lowest BCUT2D eigenvalue weighted by Gasteiger charge is -2.59. The van der Waals surface area contributed by atoms with Crippen LogP contribution >= 0.6 is 0 Å². The zero-order valence-electron chi connectivity index (χ0n) is 19.2. The van der Waals surface area contributed by atoms with Crippen LogP contribution in [0.4, 0.5) is 0 Å². The van der Waals surface area contributed by atoms with Gasteiger partial charge < -0.3 is 0 Å². The van der Waals surface area contributed by atoms with Crippen molar-refractivity contribution in [2.24, 2.45) is 52.3 Å². The summed E-state index contributed by atoms with van der Waals surface area (Å²) in [5.74, 6) is 6.34. The molecule has 0 spiro atoms. The van der Waals surface area contributed by atoms with Crippen LogP contribution in [0, 0.1) is 52.3 Å². The quantitative estimate of drug-likeness (QED) is 0.481. The molecule has 0 saturated heterocycles. The Morgan fingerprint density at radius 3 is 2.54 bits per heavy atom. The molecule has 4 aliphatic rings. The number of hydrogen-bond donors (Lipinski definition) is 0. The molecule has 1 heteroatoms. The predicted octanol–water partition coefficient (Wildman–Crippen LogP) is 7.45. The van der Waals surface area contributed by atoms with Crippen LogP contribution in [0.25, 0.3) is 0 Å². The first-order valence-electron chi connectivity index (χ1n) is 12.5. The van der Waals surface area contributed by atoms with Crippen molar-refractivity contribution in [2.45, 2.75) is 98.8 Å². The third-order valence-electron chi connectivity index (χ3n) is 10.2. The highest BCUT2D eigenvalue weighted by atomic mass is 16.1. The highest BCUT2D eigenvalue weighted by Crippen LogP contribution is 2.67. The van der Waals surface area contributed by atoms with Gasteiger partial charge in [-0.3, -0.25) is 4.79 Å². The van der Waals surface area contributed by atoms with Crippen LogP contribution in [0.5, 0.6) is 0 Å². The summed E-state index contributed by atoms with van der Waals surface area (Å²) in [7, 11) is 0. The number of allylic oxidation sites excluding steroid dienone is 2. The van der Waals surface area contributed by atoms with Crippen LogP contribution in [-0.4, -0.2) is 5.78 Å². The minimum atomic E-state index is 0.291. The minimum Gasteiger partial charge on any atom is -0.295 e. The van der Waals surface area contributed by atoms with Crippen molar-refractivity contribution in [1.82, 2.24) is 0 Å². The Labute approximate surface area is 174 Å². The molecule has 1 nitrogen and oxygen atoms in total. The summed E-state index contributed by atoms with van der Waals surface area (Å²) in [6.07, 6.45) is 17.8. The van der Waals surface area contributed by atoms with Gasteiger partial charge in [0.25, 0.3) is 0 Å². The fourth-order valence-electron chi connectivity index (χ4n) is 8.66. The van der Waals surface area contributed by atoms with Gasteiger partial charge in [-0.25, -0.2) is 0 Å². The van der Waals surface area contributed by atoms with Crippen LogP contribution < -0.4 is 0 Å². The lowest BCUT2D eigenvalue weighted by atomic mass is 9.45. The molecule has 0 N–H and O–H groups in total. The van der Waals surface area contributed by atoms with Gasteiger partial charge >= 0.3 is 0 Å². The van der Waals surface area contributed by atoms with E-state index < -0.39 is 0 Å². The number of hydrogen-bond acceptors (Lipinski definition) is 1. The smallest absolute Gasteiger partial charge is 0.155 e. The number of fused-ring (bicyclic) bond motifs is 5. The van der Waals surface area contributed by atoms with Crippen molar-refractivity contribution in [1.29, 1.82) is 0 Å². The second-order valence-corrected chi connectivity index (χ2v) is 12.1. The molecule has 0 radical (unpaired) electrons. The van der Waals surface area contributed by atoms with Gasteiger partial charge in [-0.05, 0) is 96.9 Å². The Morgan fingerprint density at radius 2 is 1.79 bits per heavy atom. The average Bonchev–Trinajstić information content (AvgIpc) is 2.99. The second-order valence-electron chi connectivity index (χ2n) is 12.1. The van der Waals surface area contributed by atoms with E-state index in [4.69, 9.17) is 0 Å². The van der Waals surface area contributed by atoms with E-state index in [1.807, 2.05) is 6.08 Å². The summed E-state index contributed by atoms with van der Waals surface area (Å²) >= 11 is 0. The molecule has 0 aliphatic heterocycles. The molecular formula is C27H44O. The second kappa shape index (κ2) is 7.59. The van der Waals surface area contributed by atoms with E-state index in [2.05, 4.69) is 40.7 Å². The molecule has 158 valence electrons. The molecule has 3 saturated carbocycles. The lowest BCUT2D eigenvalue weighted by Crippen LogP contribution is -2.52. The first kappa shape index (κ1) is 20.7. The van der Waals surface area contributed by atoms with Gasteiger partial charge in [-0.1, -0.05) is 60.0 Å². The summed E-state index contributed by atoms with van der Waals surface area (Å²) in [5.41, 5.74) is 0.870. The topological polar surface area (TPSA) is 17.1 Å². The molecule has 0 unspecified atom stereocenters. The maximum absolute atomic E-state index is 12.0. The maximum atomic E-state index is 12.0. The van der Waals surface area contributed by atoms with Crippen molar-refractivity contribution in [3.63, 3.8) is 0 Å². The molecular weight excluding hydrogens is 340 g/mol. The standard InChI is InChI=1S/C27H44O/c1-18(2)7-6-8-19(3)23-11-12-24-22-10-9-20-17-21(28)13-15-26(20,4)25(22)14-16-27(23,24)5/h13,15,18-20,22-25H,6-12,14,16-17H2,1-5H3/t19-,20-,22+,23-,24+,25+,26+,27-/m1/s1. The Hall–Kier alpha value is -0.590. The SMILES string of the molecule is CC(C)CCC[C@@H](C)[C@H]1CC[C@H]2[C@@H]3CC[C@@H]4CC(=O)C=C[C@]4(C)[C@H]3CC[C@]12C. The van der Waals surface area contributed by atoms with Crippen molar-refractivity contribution in [3.8, 4) is 0 Å². The van der Waals surface area contributed by atoms with Gasteiger partial charge in [-0.15, -0.1) is 0 Å². The van der Waals surface area contributed by atoms with Gasteiger partial charge in [0, 0.05) is 6.42 Å². The summed E-state index contributed by atoms with van der Waals surface area (Å²) in [5, 5.41) is 0. The van der Waals surface area contributed by atoms with E-state index in [1.165, 1.54) is 57.8 Å². The number of carbonyl (C=O) groups excluding carboxylic acids is 1. The van der Waals surface area contributed by atoms with E-state index in [-0.39, 0.29) is 0 Å². The first-order valence-corrected chi connectivity index (χ1v) is 12.5. The molecule has 0 aromatic carbocycles. The summed E-state index contributed by atoms with van der Waals surface area (Å²) in [6, 6.07) is 0. The van der Waals surface area contributed by atoms with Crippen LogP contribution in [0.3, 0.4) is 0 Å². The van der Waals surface area contributed by atoms with Gasteiger partial charge in [-0.2, -0.15) is 0 Å². The highest BCUT2D eigenvalue weighted by Gasteiger charge is 2.59. The molecule has 8 atom stereocenters. The van der Waals surface area contributed by atoms with Crippen LogP contribution in [0.2, 0.25) is 0 Å². The Morgan fingerprint density at radius 1 is 1.00 bits per heavy atom. The molecule has 4 aliphatic carbocycles. The average molecular weight is 385 g/mol. The van der Waals surface area contributed by atoms with E-state index in [0.717, 1.165) is 41.9 Å². The van der Waals surface area contributed by atoms with E-state index in [9.17, 15) is 4.79 Å². The molecule has 3 fully saturated rings. The first-order chi connectivity index (χ1) is 13.3. The number of rotatable bonds is 5. The molecule has 28 heavy (non-hydrogen) atoms. The molecule has 0 amide bonds. The molecule has 0 heterocycles. The van der Waals surface area contributed by atoms with Crippen LogP contribution in [0.1, 0.15) is 98.8 Å². The van der Waals surface area contributed by atoms with Gasteiger partial charge in [0.05, 0.1) is 0 Å². The van der Waals surface area contributed by atoms with Crippen molar-refractivity contribution in [3.05, 3.63) is 12.2 Å². The number of carbonyl (C=O) groups is 1. The van der Waals surface area contributed by atoms with E-state index in [0.29, 0.717) is 22.5 Å². The van der Waals surface area contributed by atoms with Crippen molar-refractivity contribution < 1.29 is 4.79 Å². The highest BCUT2D eigenvalue weighted by molar-refractivity contribution is 5.91. The Bertz CT molecular complexity index is 618. The third-order valence-corrected chi connectivity index (χ3v) is 10.2. The Kier molecular flexibility index (Phi) is 5.60. The zero-order chi connectivity index (χ0) is 20.1. The third kappa shape index (κ3) is 3.33. The van der Waals surface area contributed by atoms with Crippen molar-refractivity contribution in [2.75, 3.05) is 0 Å². The fraction of sp³-hybridized carbons (Fsp3) is 0.889. The molecule has 4 rings (SSSR count). The van der Waals surface area contributed by atoms with E-state index >= 15 is 0 Å². The fourth-order valence-corrected chi connectivity index (χ4v) is 8.66. The summed E-state index contributed by atoms with van der Waals surface area (Å²) < 4.78 is 0. The molecule has 0 aromatic rings. The molecule has 0 bridgehead atoms. The largest absolute Gasteiger partial charge is 0.295 e. The lowest BCUT2D eigenvalue weighted by molar-refractivity contribution is -0.122. The van der Waals surface area contributed by atoms with Crippen LogP contribution in [-0.2, 0) is 4.79 Å².